The quantitative estimate of drug-likeness (QED) is 0.218. The van der Waals surface area contributed by atoms with Gasteiger partial charge in [0.2, 0.25) is 5.91 Å². The normalized spacial score (nSPS) is 15.8. The summed E-state index contributed by atoms with van der Waals surface area (Å²) in [5, 5.41) is 15.0. The van der Waals surface area contributed by atoms with Crippen LogP contribution in [-0.2, 0) is 14.4 Å². The van der Waals surface area contributed by atoms with Gasteiger partial charge in [0.1, 0.15) is 11.5 Å². The van der Waals surface area contributed by atoms with Crippen LogP contribution in [0.15, 0.2) is 89.4 Å². The van der Waals surface area contributed by atoms with Crippen LogP contribution in [0.2, 0.25) is 0 Å². The van der Waals surface area contributed by atoms with Gasteiger partial charge in [0.25, 0.3) is 5.91 Å². The molecule has 6 nitrogen and oxygen atoms in total. The predicted molar refractivity (Wildman–Crippen MR) is 151 cm³/mol. The Morgan fingerprint density at radius 2 is 1.84 bits per heavy atom. The maximum atomic E-state index is 12.6. The summed E-state index contributed by atoms with van der Waals surface area (Å²) in [4.78, 5) is 36.1. The van der Waals surface area contributed by atoms with Crippen molar-refractivity contribution in [2.45, 2.75) is 59.8 Å². The highest BCUT2D eigenvalue weighted by atomic mass is 16.3. The number of amides is 2. The Bertz CT molecular complexity index is 1170. The molecule has 1 aromatic rings. The first-order valence-corrected chi connectivity index (χ1v) is 12.8. The topological polar surface area (TPSA) is 95.5 Å². The third-order valence-electron chi connectivity index (χ3n) is 5.78. The van der Waals surface area contributed by atoms with Crippen LogP contribution in [0.5, 0.6) is 0 Å². The minimum absolute atomic E-state index is 0.0141. The highest BCUT2D eigenvalue weighted by Gasteiger charge is 2.23. The van der Waals surface area contributed by atoms with Gasteiger partial charge in [-0.2, -0.15) is 0 Å². The maximum Gasteiger partial charge on any atom is 0.251 e. The Kier molecular flexibility index (Phi) is 12.1. The molecule has 196 valence electrons. The lowest BCUT2D eigenvalue weighted by molar-refractivity contribution is -0.119. The highest BCUT2D eigenvalue weighted by molar-refractivity contribution is 6.04. The van der Waals surface area contributed by atoms with Gasteiger partial charge in [-0.05, 0) is 43.9 Å². The van der Waals surface area contributed by atoms with E-state index in [4.69, 9.17) is 0 Å². The molecule has 0 radical (unpaired) electrons. The molecule has 0 bridgehead atoms. The molecule has 6 heteroatoms. The first kappa shape index (κ1) is 29.3. The minimum Gasteiger partial charge on any atom is -0.510 e. The molecule has 0 aliphatic heterocycles. The van der Waals surface area contributed by atoms with Crippen molar-refractivity contribution in [1.82, 2.24) is 5.32 Å². The van der Waals surface area contributed by atoms with Gasteiger partial charge in [0.05, 0.1) is 0 Å². The number of hydrogen-bond donors (Lipinski definition) is 3. The van der Waals surface area contributed by atoms with E-state index < -0.39 is 5.91 Å². The van der Waals surface area contributed by atoms with E-state index in [1.165, 1.54) is 18.9 Å². The molecule has 0 fully saturated rings. The molecular formula is C31H38N2O4. The lowest BCUT2D eigenvalue weighted by Gasteiger charge is -2.08. The second kappa shape index (κ2) is 15.2. The van der Waals surface area contributed by atoms with Crippen molar-refractivity contribution in [1.29, 1.82) is 0 Å². The fourth-order valence-corrected chi connectivity index (χ4v) is 3.85. The Morgan fingerprint density at radius 1 is 1.08 bits per heavy atom. The smallest absolute Gasteiger partial charge is 0.251 e. The van der Waals surface area contributed by atoms with Gasteiger partial charge in [-0.3, -0.25) is 14.4 Å². The molecular weight excluding hydrogens is 464 g/mol. The largest absolute Gasteiger partial charge is 0.510 e. The molecule has 37 heavy (non-hydrogen) atoms. The van der Waals surface area contributed by atoms with Crippen molar-refractivity contribution >= 4 is 29.4 Å². The fourth-order valence-electron chi connectivity index (χ4n) is 3.85. The van der Waals surface area contributed by atoms with Crippen LogP contribution in [0.25, 0.3) is 6.08 Å². The van der Waals surface area contributed by atoms with Crippen molar-refractivity contribution in [2.75, 3.05) is 5.32 Å². The van der Waals surface area contributed by atoms with Crippen LogP contribution in [0.4, 0.5) is 5.69 Å². The molecule has 1 aromatic carbocycles. The van der Waals surface area contributed by atoms with E-state index in [-0.39, 0.29) is 36.0 Å². The van der Waals surface area contributed by atoms with Crippen LogP contribution in [0, 0.1) is 5.92 Å². The van der Waals surface area contributed by atoms with Crippen LogP contribution in [-0.4, -0.2) is 22.7 Å². The first-order chi connectivity index (χ1) is 17.7. The maximum absolute atomic E-state index is 12.6. The summed E-state index contributed by atoms with van der Waals surface area (Å²) < 4.78 is 0. The number of allylic oxidation sites excluding steroid dienone is 9. The Hall–Kier alpha value is -3.93. The summed E-state index contributed by atoms with van der Waals surface area (Å²) in [6.07, 6.45) is 18.1. The van der Waals surface area contributed by atoms with Gasteiger partial charge in [-0.15, -0.1) is 0 Å². The molecule has 2 rings (SSSR count). The van der Waals surface area contributed by atoms with Gasteiger partial charge in [-0.25, -0.2) is 0 Å². The van der Waals surface area contributed by atoms with Crippen LogP contribution in [0.3, 0.4) is 0 Å². The van der Waals surface area contributed by atoms with Crippen molar-refractivity contribution < 1.29 is 19.5 Å². The monoisotopic (exact) mass is 502 g/mol. The van der Waals surface area contributed by atoms with Crippen LogP contribution < -0.4 is 10.6 Å². The van der Waals surface area contributed by atoms with Crippen molar-refractivity contribution in [3.05, 3.63) is 95.0 Å². The van der Waals surface area contributed by atoms with E-state index in [1.807, 2.05) is 56.3 Å². The number of Topliss-reactive ketones (excluding diaryl/α,β-unsaturated/α-hetero) is 1. The van der Waals surface area contributed by atoms with E-state index in [0.717, 1.165) is 17.6 Å². The highest BCUT2D eigenvalue weighted by Crippen LogP contribution is 2.18. The predicted octanol–water partition coefficient (Wildman–Crippen LogP) is 6.72. The third-order valence-corrected chi connectivity index (χ3v) is 5.78. The second-order valence-electron chi connectivity index (χ2n) is 9.27. The number of rotatable bonds is 12. The van der Waals surface area contributed by atoms with Gasteiger partial charge >= 0.3 is 0 Å². The minimum atomic E-state index is -0.477. The molecule has 0 aromatic heterocycles. The molecule has 0 saturated heterocycles. The number of anilines is 1. The van der Waals surface area contributed by atoms with Gasteiger partial charge in [-0.1, -0.05) is 86.9 Å². The summed E-state index contributed by atoms with van der Waals surface area (Å²) in [7, 11) is 0. The zero-order valence-electron chi connectivity index (χ0n) is 22.2. The van der Waals surface area contributed by atoms with E-state index in [9.17, 15) is 19.5 Å². The van der Waals surface area contributed by atoms with E-state index in [0.29, 0.717) is 17.2 Å². The Morgan fingerprint density at radius 3 is 2.54 bits per heavy atom. The number of nitrogens with one attached hydrogen (secondary N) is 2. The number of ketones is 1. The van der Waals surface area contributed by atoms with Crippen LogP contribution in [0.1, 0.15) is 65.4 Å². The number of carbonyl (C=O) groups excluding carboxylic acids is 3. The number of aliphatic hydroxyl groups excluding tert-OH is 1. The molecule has 0 saturated carbocycles. The second-order valence-corrected chi connectivity index (χ2v) is 9.27. The van der Waals surface area contributed by atoms with E-state index in [1.54, 1.807) is 18.2 Å². The molecule has 0 spiro atoms. The van der Waals surface area contributed by atoms with E-state index in [2.05, 4.69) is 30.6 Å². The zero-order valence-corrected chi connectivity index (χ0v) is 22.2. The molecule has 1 aliphatic rings. The number of hydrogen-bond acceptors (Lipinski definition) is 4. The molecule has 3 N–H and O–H groups in total. The summed E-state index contributed by atoms with van der Waals surface area (Å²) in [5.74, 6) is -0.459. The van der Waals surface area contributed by atoms with Crippen molar-refractivity contribution in [3.8, 4) is 0 Å². The first-order valence-electron chi connectivity index (χ1n) is 12.8. The number of unbranched alkanes of at least 4 members (excludes halogenated alkanes) is 1. The van der Waals surface area contributed by atoms with Gasteiger partial charge < -0.3 is 15.7 Å². The summed E-state index contributed by atoms with van der Waals surface area (Å²) in [6, 6.07) is 7.53. The number of benzene rings is 1. The van der Waals surface area contributed by atoms with Gasteiger partial charge in [0, 0.05) is 30.2 Å². The summed E-state index contributed by atoms with van der Waals surface area (Å²) in [6.45, 7) is 8.24. The molecule has 2 amide bonds. The zero-order chi connectivity index (χ0) is 27.2. The fraction of sp³-hybridized carbons (Fsp3) is 0.323. The molecule has 1 atom stereocenters. The summed E-state index contributed by atoms with van der Waals surface area (Å²) in [5.41, 5.74) is 3.35. The Labute approximate surface area is 220 Å². The third kappa shape index (κ3) is 10.7. The van der Waals surface area contributed by atoms with E-state index >= 15 is 0 Å². The van der Waals surface area contributed by atoms with Gasteiger partial charge in [0.15, 0.2) is 5.78 Å². The average Bonchev–Trinajstić information content (AvgIpc) is 3.17. The van der Waals surface area contributed by atoms with Crippen LogP contribution >= 0.6 is 0 Å². The molecule has 0 heterocycles. The number of aliphatic hydroxyl groups is 1. The standard InChI is InChI=1S/C31H38N2O4/c1-5-6-12-22(2)19-23(3)20-24(4)31(37)32-26-15-11-14-25(21-26)13-9-7-8-10-16-29(36)33-30-27(34)17-18-28(30)35/h7-11,13-16,19-22,34H,5-6,12,17-18H2,1-4H3,(H,32,37)(H,33,36). The Balaban J connectivity index is 1.88. The lowest BCUT2D eigenvalue weighted by Crippen LogP contribution is -2.24. The summed E-state index contributed by atoms with van der Waals surface area (Å²) >= 11 is 0. The SMILES string of the molecule is CCCCC(C)C=C(C)C=C(C)C(=O)Nc1cccc(C=CC=CC=CC(=O)NC2=C(O)CCC2=O)c1. The van der Waals surface area contributed by atoms with Crippen molar-refractivity contribution in [3.63, 3.8) is 0 Å². The lowest BCUT2D eigenvalue weighted by atomic mass is 10.0. The van der Waals surface area contributed by atoms with Crippen molar-refractivity contribution in [2.24, 2.45) is 5.92 Å². The molecule has 1 aliphatic carbocycles. The average molecular weight is 503 g/mol. The molecule has 1 unspecified atom stereocenters. The number of carbonyl (C=O) groups is 3.